The van der Waals surface area contributed by atoms with Gasteiger partial charge in [0.1, 0.15) is 0 Å². The molecule has 0 aromatic heterocycles. The van der Waals surface area contributed by atoms with Gasteiger partial charge in [-0.2, -0.15) is 0 Å². The summed E-state index contributed by atoms with van der Waals surface area (Å²) in [6.45, 7) is 17.3. The predicted molar refractivity (Wildman–Crippen MR) is 77.8 cm³/mol. The fraction of sp³-hybridized carbons (Fsp3) is 1.00. The van der Waals surface area contributed by atoms with Crippen LogP contribution < -0.4 is 0 Å². The van der Waals surface area contributed by atoms with Gasteiger partial charge in [-0.15, -0.1) is 0 Å². The van der Waals surface area contributed by atoms with Gasteiger partial charge in [0.25, 0.3) is 0 Å². The van der Waals surface area contributed by atoms with Gasteiger partial charge in [0, 0.05) is 0 Å². The van der Waals surface area contributed by atoms with E-state index in [0.717, 1.165) is 11.6 Å². The average molecular weight is 242 g/mol. The molecule has 0 aromatic carbocycles. The average Bonchev–Trinajstić information content (AvgIpc) is 2.03. The zero-order valence-corrected chi connectivity index (χ0v) is 13.3. The minimum Gasteiger partial charge on any atom is -0.0922 e. The smallest absolute Gasteiger partial charge is 0.0172 e. The second kappa shape index (κ2) is 4.97. The van der Waals surface area contributed by atoms with Crippen LogP contribution in [-0.2, 0) is 0 Å². The Bertz CT molecular complexity index is 205. The van der Waals surface area contributed by atoms with Gasteiger partial charge >= 0.3 is 0 Å². The third kappa shape index (κ3) is 3.46. The summed E-state index contributed by atoms with van der Waals surface area (Å²) in [4.78, 5) is 0. The molecule has 1 saturated carbocycles. The molecule has 0 amide bonds. The van der Waals surface area contributed by atoms with Crippen molar-refractivity contribution in [3.8, 4) is 0 Å². The molecule has 0 saturated heterocycles. The van der Waals surface area contributed by atoms with Crippen LogP contribution in [0.3, 0.4) is 0 Å². The fourth-order valence-electron chi connectivity index (χ4n) is 3.68. The van der Waals surface area contributed by atoms with E-state index in [1.54, 1.807) is 0 Å². The van der Waals surface area contributed by atoms with Crippen molar-refractivity contribution >= 4 is 7.92 Å². The number of hydrogen-bond acceptors (Lipinski definition) is 0. The maximum atomic E-state index is 2.50. The van der Waals surface area contributed by atoms with Gasteiger partial charge in [0.2, 0.25) is 0 Å². The zero-order chi connectivity index (χ0) is 12.6. The Kier molecular flexibility index (Phi) is 4.50. The van der Waals surface area contributed by atoms with Crippen LogP contribution in [0, 0.1) is 5.92 Å². The van der Waals surface area contributed by atoms with Crippen LogP contribution in [0.1, 0.15) is 74.1 Å². The monoisotopic (exact) mass is 242 g/mol. The Labute approximate surface area is 104 Å². The molecule has 1 aliphatic carbocycles. The van der Waals surface area contributed by atoms with Crippen molar-refractivity contribution < 1.29 is 0 Å². The van der Waals surface area contributed by atoms with Crippen molar-refractivity contribution in [2.75, 3.05) is 0 Å². The Morgan fingerprint density at radius 1 is 0.812 bits per heavy atom. The first-order valence-electron chi connectivity index (χ1n) is 6.93. The largest absolute Gasteiger partial charge is 0.0922 e. The van der Waals surface area contributed by atoms with Gasteiger partial charge < -0.3 is 0 Å². The van der Waals surface area contributed by atoms with Crippen molar-refractivity contribution in [1.29, 1.82) is 0 Å². The van der Waals surface area contributed by atoms with E-state index in [2.05, 4.69) is 48.5 Å². The molecule has 0 nitrogen and oxygen atoms in total. The highest BCUT2D eigenvalue weighted by molar-refractivity contribution is 7.61. The SMILES string of the molecule is CC1CCCCC1P(C(C)(C)C)C(C)(C)C. The molecule has 1 aliphatic rings. The first-order chi connectivity index (χ1) is 7.14. The van der Waals surface area contributed by atoms with Crippen LogP contribution in [0.4, 0.5) is 0 Å². The lowest BCUT2D eigenvalue weighted by Crippen LogP contribution is -2.35. The van der Waals surface area contributed by atoms with E-state index in [1.165, 1.54) is 25.7 Å². The van der Waals surface area contributed by atoms with Crippen LogP contribution >= 0.6 is 7.92 Å². The lowest BCUT2D eigenvalue weighted by molar-refractivity contribution is 0.385. The lowest BCUT2D eigenvalue weighted by Gasteiger charge is -2.50. The van der Waals surface area contributed by atoms with Crippen LogP contribution in [0.25, 0.3) is 0 Å². The topological polar surface area (TPSA) is 0 Å². The molecule has 2 unspecified atom stereocenters. The van der Waals surface area contributed by atoms with Crippen LogP contribution in [0.2, 0.25) is 0 Å². The summed E-state index contributed by atoms with van der Waals surface area (Å²) < 4.78 is 0. The van der Waals surface area contributed by atoms with Crippen molar-refractivity contribution in [3.63, 3.8) is 0 Å². The van der Waals surface area contributed by atoms with E-state index in [4.69, 9.17) is 0 Å². The molecule has 1 fully saturated rings. The summed E-state index contributed by atoms with van der Waals surface area (Å²) in [6.07, 6.45) is 5.90. The quantitative estimate of drug-likeness (QED) is 0.522. The molecule has 0 spiro atoms. The van der Waals surface area contributed by atoms with E-state index in [0.29, 0.717) is 10.3 Å². The highest BCUT2D eigenvalue weighted by atomic mass is 31.1. The van der Waals surface area contributed by atoms with Crippen molar-refractivity contribution in [3.05, 3.63) is 0 Å². The van der Waals surface area contributed by atoms with Gasteiger partial charge in [-0.1, -0.05) is 75.7 Å². The molecule has 0 N–H and O–H groups in total. The van der Waals surface area contributed by atoms with E-state index >= 15 is 0 Å². The molecule has 0 aromatic rings. The summed E-state index contributed by atoms with van der Waals surface area (Å²) in [6, 6.07) is 0. The maximum absolute atomic E-state index is 2.50. The molecular formula is C15H31P. The Morgan fingerprint density at radius 3 is 1.62 bits per heavy atom. The maximum Gasteiger partial charge on any atom is -0.0172 e. The molecule has 0 radical (unpaired) electrons. The lowest BCUT2D eigenvalue weighted by atomic mass is 9.90. The number of hydrogen-bond donors (Lipinski definition) is 0. The summed E-state index contributed by atoms with van der Waals surface area (Å²) in [7, 11) is 0.0997. The van der Waals surface area contributed by atoms with E-state index < -0.39 is 0 Å². The second-order valence-corrected chi connectivity index (χ2v) is 11.6. The molecule has 0 bridgehead atoms. The second-order valence-electron chi connectivity index (χ2n) is 7.54. The zero-order valence-electron chi connectivity index (χ0n) is 12.4. The van der Waals surface area contributed by atoms with Crippen molar-refractivity contribution in [1.82, 2.24) is 0 Å². The summed E-state index contributed by atoms with van der Waals surface area (Å²) in [5.74, 6) is 0.957. The summed E-state index contributed by atoms with van der Waals surface area (Å²) >= 11 is 0. The van der Waals surface area contributed by atoms with Gasteiger partial charge in [-0.25, -0.2) is 0 Å². The molecule has 2 atom stereocenters. The molecule has 96 valence electrons. The van der Waals surface area contributed by atoms with Gasteiger partial charge in [0.15, 0.2) is 0 Å². The Balaban J connectivity index is 2.92. The summed E-state index contributed by atoms with van der Waals surface area (Å²) in [5.41, 5.74) is 1.00. The van der Waals surface area contributed by atoms with Crippen molar-refractivity contribution in [2.45, 2.75) is 90.1 Å². The van der Waals surface area contributed by atoms with Crippen LogP contribution in [-0.4, -0.2) is 16.0 Å². The highest BCUT2D eigenvalue weighted by Crippen LogP contribution is 2.66. The van der Waals surface area contributed by atoms with E-state index in [-0.39, 0.29) is 7.92 Å². The van der Waals surface area contributed by atoms with E-state index in [1.807, 2.05) is 0 Å². The molecule has 1 rings (SSSR count). The van der Waals surface area contributed by atoms with E-state index in [9.17, 15) is 0 Å². The molecule has 16 heavy (non-hydrogen) atoms. The van der Waals surface area contributed by atoms with Gasteiger partial charge in [-0.05, 0) is 28.3 Å². The fourth-order valence-corrected chi connectivity index (χ4v) is 8.78. The third-order valence-corrected chi connectivity index (χ3v) is 8.16. The highest BCUT2D eigenvalue weighted by Gasteiger charge is 2.42. The van der Waals surface area contributed by atoms with Crippen molar-refractivity contribution in [2.24, 2.45) is 5.92 Å². The Morgan fingerprint density at radius 2 is 1.25 bits per heavy atom. The summed E-state index contributed by atoms with van der Waals surface area (Å²) in [5, 5.41) is 1.01. The first kappa shape index (κ1) is 14.5. The molecular weight excluding hydrogens is 211 g/mol. The standard InChI is InChI=1S/C15H31P/c1-12-10-8-9-11-13(12)16(14(2,3)4)15(5,6)7/h12-13H,8-11H2,1-7H3. The Hall–Kier alpha value is 0.430. The minimum absolute atomic E-state index is 0.0997. The number of rotatable bonds is 1. The van der Waals surface area contributed by atoms with Gasteiger partial charge in [-0.3, -0.25) is 0 Å². The van der Waals surface area contributed by atoms with Gasteiger partial charge in [0.05, 0.1) is 0 Å². The minimum atomic E-state index is 0.0997. The molecule has 1 heteroatoms. The van der Waals surface area contributed by atoms with Crippen LogP contribution in [0.15, 0.2) is 0 Å². The molecule has 0 heterocycles. The normalized spacial score (nSPS) is 28.5. The van der Waals surface area contributed by atoms with Crippen LogP contribution in [0.5, 0.6) is 0 Å². The first-order valence-corrected chi connectivity index (χ1v) is 8.34. The molecule has 0 aliphatic heterocycles. The predicted octanol–water partition coefficient (Wildman–Crippen LogP) is 5.64. The third-order valence-electron chi connectivity index (χ3n) is 3.84.